The van der Waals surface area contributed by atoms with Gasteiger partial charge in [-0.25, -0.2) is 4.79 Å². The molecule has 14 heteroatoms. The van der Waals surface area contributed by atoms with E-state index in [1.807, 2.05) is 6.08 Å². The second kappa shape index (κ2) is 27.3. The Labute approximate surface area is 474 Å². The molecule has 2 saturated heterocycles. The van der Waals surface area contributed by atoms with Crippen LogP contribution in [0.2, 0.25) is 61.5 Å². The summed E-state index contributed by atoms with van der Waals surface area (Å²) in [4.78, 5) is 14.4. The number of fused-ring (bicyclic) bond motifs is 3. The lowest BCUT2D eigenvalue weighted by atomic mass is 9.87. The number of allylic oxidation sites excluding steroid dienone is 5. The first kappa shape index (κ1) is 67.4. The molecule has 0 amide bonds. The summed E-state index contributed by atoms with van der Waals surface area (Å²) in [6.45, 7) is 54.1. The number of hydrogen-bond acceptors (Lipinski definition) is 10. The standard InChI is InChI=1S/C63H112O10Si4/c1-25-49(17)35-31-29-32-36-50(18)53(71-74(26-2,27-3)28-4)37-33-30-34-38-56(64)68-59-58-55(42-67-77(73-58,61(19,20)21)62(22,23)24)69-63(60(59)65)57-51(41-66-63)39-52(70-75(43(5)6,44(7)8)45(9)10)40-54(57)72-76(46(11)12,47(13)14)48(15)16/h29-30,32-34,36,38-40,43-49,53,55,58-60,65H,25-28,31,35,37,41-42H2,1-24H3/b32-29+,33-30+,38-34+,50-36+/t49-,53-,55+,58+,59-,60+,63-/m0/s1. The van der Waals surface area contributed by atoms with Gasteiger partial charge >= 0.3 is 14.5 Å². The summed E-state index contributed by atoms with van der Waals surface area (Å²) in [5, 5.41) is 12.5. The number of esters is 1. The van der Waals surface area contributed by atoms with Crippen LogP contribution in [0, 0.1) is 5.92 Å². The predicted octanol–water partition coefficient (Wildman–Crippen LogP) is 17.8. The van der Waals surface area contributed by atoms with E-state index in [1.165, 1.54) is 24.5 Å². The number of benzene rings is 1. The number of aliphatic hydroxyl groups excluding tert-OH is 1. The van der Waals surface area contributed by atoms with Gasteiger partial charge in [-0.15, -0.1) is 0 Å². The molecule has 0 unspecified atom stereocenters. The molecule has 4 rings (SSSR count). The number of carbonyl (C=O) groups excluding carboxylic acids is 1. The summed E-state index contributed by atoms with van der Waals surface area (Å²) in [6, 6.07) is 7.30. The summed E-state index contributed by atoms with van der Waals surface area (Å²) in [7, 11) is -10.2. The van der Waals surface area contributed by atoms with E-state index in [0.717, 1.165) is 41.8 Å². The molecule has 0 radical (unpaired) electrons. The smallest absolute Gasteiger partial charge is 0.349 e. The van der Waals surface area contributed by atoms with E-state index < -0.39 is 79.8 Å². The summed E-state index contributed by atoms with van der Waals surface area (Å²) >= 11 is 0. The molecule has 1 aromatic rings. The highest BCUT2D eigenvalue weighted by molar-refractivity contribution is 6.79. The zero-order valence-corrected chi connectivity index (χ0v) is 57.1. The molecule has 3 aliphatic heterocycles. The number of aliphatic hydroxyl groups is 1. The van der Waals surface area contributed by atoms with Crippen molar-refractivity contribution in [3.8, 4) is 11.5 Å². The fraction of sp³-hybridized carbons (Fsp3) is 0.762. The molecule has 1 N–H and O–H groups in total. The van der Waals surface area contributed by atoms with Crippen molar-refractivity contribution >= 4 is 39.5 Å². The summed E-state index contributed by atoms with van der Waals surface area (Å²) in [5.74, 6) is -0.337. The third-order valence-electron chi connectivity index (χ3n) is 18.3. The van der Waals surface area contributed by atoms with E-state index >= 15 is 0 Å². The summed E-state index contributed by atoms with van der Waals surface area (Å²) in [6.07, 6.45) is 13.5. The Hall–Kier alpha value is -2.12. The number of carbonyl (C=O) groups is 1. The molecule has 2 fully saturated rings. The van der Waals surface area contributed by atoms with Crippen LogP contribution in [0.1, 0.15) is 203 Å². The van der Waals surface area contributed by atoms with Crippen molar-refractivity contribution in [1.29, 1.82) is 0 Å². The number of hydrogen-bond donors (Lipinski definition) is 1. The Kier molecular flexibility index (Phi) is 23.9. The molecule has 10 nitrogen and oxygen atoms in total. The van der Waals surface area contributed by atoms with Crippen LogP contribution in [0.5, 0.6) is 11.5 Å². The third kappa shape index (κ3) is 14.2. The highest BCUT2D eigenvalue weighted by atomic mass is 28.4. The quantitative estimate of drug-likeness (QED) is 0.0417. The second-order valence-corrected chi connectivity index (χ2v) is 47.3. The normalized spacial score (nSPS) is 23.7. The van der Waals surface area contributed by atoms with Crippen LogP contribution in [0.4, 0.5) is 0 Å². The Morgan fingerprint density at radius 1 is 0.779 bits per heavy atom. The van der Waals surface area contributed by atoms with E-state index in [9.17, 15) is 9.90 Å². The molecular weight excluding hydrogens is 1030 g/mol. The van der Waals surface area contributed by atoms with Crippen molar-refractivity contribution < 1.29 is 46.2 Å². The van der Waals surface area contributed by atoms with Crippen LogP contribution < -0.4 is 8.85 Å². The van der Waals surface area contributed by atoms with E-state index in [1.54, 1.807) is 6.08 Å². The van der Waals surface area contributed by atoms with Gasteiger partial charge in [-0.3, -0.25) is 0 Å². The molecule has 3 heterocycles. The predicted molar refractivity (Wildman–Crippen MR) is 330 cm³/mol. The molecule has 1 spiro atoms. The lowest BCUT2D eigenvalue weighted by Gasteiger charge is -2.59. The minimum Gasteiger partial charge on any atom is -0.543 e. The highest BCUT2D eigenvalue weighted by Crippen LogP contribution is 2.59. The van der Waals surface area contributed by atoms with Crippen LogP contribution in [0.3, 0.4) is 0 Å². The molecule has 1 aromatic carbocycles. The van der Waals surface area contributed by atoms with Gasteiger partial charge < -0.3 is 41.4 Å². The summed E-state index contributed by atoms with van der Waals surface area (Å²) < 4.78 is 57.4. The van der Waals surface area contributed by atoms with Gasteiger partial charge in [0.05, 0.1) is 24.9 Å². The monoisotopic (exact) mass is 1140 g/mol. The van der Waals surface area contributed by atoms with Crippen LogP contribution >= 0.6 is 0 Å². The van der Waals surface area contributed by atoms with Crippen LogP contribution in [-0.2, 0) is 44.7 Å². The Balaban J connectivity index is 1.86. The zero-order valence-electron chi connectivity index (χ0n) is 53.1. The zero-order chi connectivity index (χ0) is 58.3. The van der Waals surface area contributed by atoms with E-state index in [-0.39, 0.29) is 35.9 Å². The molecule has 0 saturated carbocycles. The molecule has 0 aromatic heterocycles. The maximum atomic E-state index is 14.4. The molecular formula is C63H112O10Si4. The van der Waals surface area contributed by atoms with Crippen molar-refractivity contribution in [2.45, 2.75) is 296 Å². The lowest BCUT2D eigenvalue weighted by molar-refractivity contribution is -0.373. The fourth-order valence-corrected chi connectivity index (χ4v) is 32.2. The first-order valence-corrected chi connectivity index (χ1v) is 38.8. The Morgan fingerprint density at radius 3 is 1.83 bits per heavy atom. The second-order valence-electron chi connectivity index (χ2n) is 27.1. The van der Waals surface area contributed by atoms with Crippen molar-refractivity contribution in [3.63, 3.8) is 0 Å². The SMILES string of the molecule is CC[C@H](C)CC/C=C/C=C(\C)[C@H](C/C=C/C=C/C(=O)O[C@H]1[C@@H]2O[Si](C(C)(C)C)(C(C)(C)C)OC[C@H]2O[C@]2(OCc3cc(O[Si](C(C)C)(C(C)C)C(C)C)cc(O[Si](C(C)C)(C(C)C)C(C)C)c32)[C@@H]1O)O[Si](CC)(CC)CC. The maximum absolute atomic E-state index is 14.4. The summed E-state index contributed by atoms with van der Waals surface area (Å²) in [5.41, 5.74) is 4.36. The van der Waals surface area contributed by atoms with Crippen molar-refractivity contribution in [1.82, 2.24) is 0 Å². The molecule has 440 valence electrons. The van der Waals surface area contributed by atoms with Gasteiger partial charge in [-0.05, 0) is 101 Å². The number of rotatable bonds is 26. The average Bonchev–Trinajstić information content (AvgIpc) is 3.71. The first-order chi connectivity index (χ1) is 35.8. The van der Waals surface area contributed by atoms with Gasteiger partial charge in [-0.1, -0.05) is 202 Å². The first-order valence-electron chi connectivity index (χ1n) is 30.2. The van der Waals surface area contributed by atoms with Crippen molar-refractivity contribution in [2.75, 3.05) is 6.61 Å². The maximum Gasteiger partial charge on any atom is 0.349 e. The van der Waals surface area contributed by atoms with Crippen LogP contribution in [0.25, 0.3) is 0 Å². The van der Waals surface area contributed by atoms with Crippen molar-refractivity contribution in [3.05, 3.63) is 71.4 Å². The fourth-order valence-electron chi connectivity index (χ4n) is 13.9. The van der Waals surface area contributed by atoms with Gasteiger partial charge in [0.15, 0.2) is 20.5 Å². The van der Waals surface area contributed by atoms with Gasteiger partial charge in [0.25, 0.3) is 16.6 Å². The Morgan fingerprint density at radius 2 is 1.32 bits per heavy atom. The Bertz CT molecular complexity index is 2110. The molecule has 0 bridgehead atoms. The lowest BCUT2D eigenvalue weighted by Crippen LogP contribution is -2.73. The molecule has 7 atom stereocenters. The van der Waals surface area contributed by atoms with E-state index in [0.29, 0.717) is 34.4 Å². The van der Waals surface area contributed by atoms with E-state index in [4.69, 9.17) is 36.3 Å². The van der Waals surface area contributed by atoms with Gasteiger partial charge in [0.2, 0.25) is 5.79 Å². The highest BCUT2D eigenvalue weighted by Gasteiger charge is 2.69. The molecule has 3 aliphatic rings. The minimum absolute atomic E-state index is 0.0749. The van der Waals surface area contributed by atoms with Gasteiger partial charge in [0.1, 0.15) is 23.7 Å². The topological polar surface area (TPSA) is 111 Å². The molecule has 77 heavy (non-hydrogen) atoms. The van der Waals surface area contributed by atoms with Gasteiger partial charge in [0, 0.05) is 22.2 Å². The van der Waals surface area contributed by atoms with Crippen LogP contribution in [-0.4, -0.2) is 81.7 Å². The molecule has 0 aliphatic carbocycles. The largest absolute Gasteiger partial charge is 0.543 e. The minimum atomic E-state index is -3.18. The number of ether oxygens (including phenoxy) is 3. The van der Waals surface area contributed by atoms with Gasteiger partial charge in [-0.2, -0.15) is 0 Å². The average molecular weight is 1140 g/mol. The van der Waals surface area contributed by atoms with Crippen LogP contribution in [0.15, 0.2) is 60.2 Å². The van der Waals surface area contributed by atoms with E-state index in [2.05, 4.69) is 203 Å². The third-order valence-corrected chi connectivity index (χ3v) is 40.1. The van der Waals surface area contributed by atoms with Crippen molar-refractivity contribution in [2.24, 2.45) is 5.92 Å².